The van der Waals surface area contributed by atoms with E-state index in [2.05, 4.69) is 138 Å². The number of benzene rings is 5. The summed E-state index contributed by atoms with van der Waals surface area (Å²) in [5, 5.41) is 9.04. The van der Waals surface area contributed by atoms with Crippen molar-refractivity contribution in [3.05, 3.63) is 121 Å². The Morgan fingerprint density at radius 3 is 1.89 bits per heavy atom. The van der Waals surface area contributed by atoms with Crippen molar-refractivity contribution in [1.82, 2.24) is 4.57 Å². The van der Waals surface area contributed by atoms with Gasteiger partial charge in [-0.25, -0.2) is 0 Å². The van der Waals surface area contributed by atoms with Gasteiger partial charge in [-0.15, -0.1) is 11.3 Å². The van der Waals surface area contributed by atoms with Crippen LogP contribution in [0.2, 0.25) is 0 Å². The van der Waals surface area contributed by atoms with Gasteiger partial charge in [0.1, 0.15) is 11.9 Å². The zero-order chi connectivity index (χ0) is 25.4. The molecule has 8 aromatic rings. The number of fused-ring (bicyclic) bond motifs is 7. The van der Waals surface area contributed by atoms with Gasteiger partial charge in [0.15, 0.2) is 6.20 Å². The Bertz CT molecular complexity index is 2160. The standard InChI is InChI=1S/C35H25N2S/c1-22-23-10-5-8-17-33(23)38-35(22)34-29-19-18-28-24(25(29)20-21-36(34)2)13-9-16-32(28)37-30-14-6-3-11-26(30)27-12-4-7-15-31(27)37/h3-21H,1-2H3/q+1. The Morgan fingerprint density at radius 1 is 0.553 bits per heavy atom. The van der Waals surface area contributed by atoms with Crippen molar-refractivity contribution in [3.8, 4) is 16.3 Å². The fraction of sp³-hybridized carbons (Fsp3) is 0.0571. The molecular weight excluding hydrogens is 480 g/mol. The van der Waals surface area contributed by atoms with Crippen molar-refractivity contribution in [2.75, 3.05) is 0 Å². The summed E-state index contributed by atoms with van der Waals surface area (Å²) in [6, 6.07) is 39.9. The Kier molecular flexibility index (Phi) is 4.55. The molecule has 0 aliphatic heterocycles. The molecule has 0 bridgehead atoms. The fourth-order valence-electron chi connectivity index (χ4n) is 6.26. The first-order valence-corrected chi connectivity index (χ1v) is 13.8. The lowest BCUT2D eigenvalue weighted by Crippen LogP contribution is -2.30. The lowest BCUT2D eigenvalue weighted by Gasteiger charge is -2.13. The quantitative estimate of drug-likeness (QED) is 0.164. The molecule has 5 aromatic carbocycles. The third kappa shape index (κ3) is 2.91. The summed E-state index contributed by atoms with van der Waals surface area (Å²) in [5.41, 5.74) is 6.33. The lowest BCUT2D eigenvalue weighted by molar-refractivity contribution is -0.659. The molecule has 0 saturated heterocycles. The van der Waals surface area contributed by atoms with Crippen LogP contribution in [-0.2, 0) is 7.05 Å². The molecule has 0 saturated carbocycles. The molecule has 0 radical (unpaired) electrons. The number of para-hydroxylation sites is 2. The Morgan fingerprint density at radius 2 is 1.16 bits per heavy atom. The Labute approximate surface area is 224 Å². The van der Waals surface area contributed by atoms with Gasteiger partial charge < -0.3 is 4.57 Å². The first-order valence-electron chi connectivity index (χ1n) is 13.0. The van der Waals surface area contributed by atoms with E-state index in [1.807, 2.05) is 11.3 Å². The molecule has 3 heteroatoms. The maximum atomic E-state index is 2.43. The third-order valence-corrected chi connectivity index (χ3v) is 9.31. The summed E-state index contributed by atoms with van der Waals surface area (Å²) < 4.78 is 6.05. The molecule has 0 amide bonds. The average molecular weight is 506 g/mol. The second-order valence-corrected chi connectivity index (χ2v) is 11.1. The van der Waals surface area contributed by atoms with Gasteiger partial charge in [0.05, 0.1) is 22.1 Å². The molecule has 2 nitrogen and oxygen atoms in total. The predicted octanol–water partition coefficient (Wildman–Crippen LogP) is 9.10. The minimum atomic E-state index is 1.22. The molecule has 3 aromatic heterocycles. The van der Waals surface area contributed by atoms with E-state index in [0.29, 0.717) is 0 Å². The van der Waals surface area contributed by atoms with Gasteiger partial charge >= 0.3 is 0 Å². The van der Waals surface area contributed by atoms with Crippen LogP contribution < -0.4 is 4.57 Å². The minimum Gasteiger partial charge on any atom is -0.309 e. The smallest absolute Gasteiger partial charge is 0.230 e. The van der Waals surface area contributed by atoms with Crippen LogP contribution in [0.5, 0.6) is 0 Å². The van der Waals surface area contributed by atoms with Crippen molar-refractivity contribution in [2.45, 2.75) is 6.92 Å². The monoisotopic (exact) mass is 505 g/mol. The van der Waals surface area contributed by atoms with Crippen molar-refractivity contribution in [2.24, 2.45) is 7.05 Å². The number of hydrogen-bond acceptors (Lipinski definition) is 1. The first kappa shape index (κ1) is 21.6. The van der Waals surface area contributed by atoms with Crippen LogP contribution in [0.1, 0.15) is 5.56 Å². The van der Waals surface area contributed by atoms with Crippen molar-refractivity contribution in [1.29, 1.82) is 0 Å². The van der Waals surface area contributed by atoms with Gasteiger partial charge in [-0.05, 0) is 53.6 Å². The van der Waals surface area contributed by atoms with Crippen LogP contribution >= 0.6 is 11.3 Å². The van der Waals surface area contributed by atoms with Gasteiger partial charge in [0.2, 0.25) is 5.69 Å². The molecule has 0 spiro atoms. The van der Waals surface area contributed by atoms with Gasteiger partial charge in [0.25, 0.3) is 0 Å². The zero-order valence-corrected chi connectivity index (χ0v) is 22.1. The van der Waals surface area contributed by atoms with Crippen LogP contribution in [0.3, 0.4) is 0 Å². The van der Waals surface area contributed by atoms with Crippen molar-refractivity contribution < 1.29 is 4.57 Å². The first-order chi connectivity index (χ1) is 18.7. The molecule has 0 N–H and O–H groups in total. The van der Waals surface area contributed by atoms with Crippen LogP contribution in [0.4, 0.5) is 0 Å². The summed E-state index contributed by atoms with van der Waals surface area (Å²) in [7, 11) is 2.16. The van der Waals surface area contributed by atoms with Crippen LogP contribution in [0.25, 0.3) is 69.7 Å². The predicted molar refractivity (Wildman–Crippen MR) is 163 cm³/mol. The highest BCUT2D eigenvalue weighted by atomic mass is 32.1. The molecule has 0 atom stereocenters. The molecule has 8 rings (SSSR count). The number of nitrogens with zero attached hydrogens (tertiary/aromatic N) is 2. The van der Waals surface area contributed by atoms with Crippen molar-refractivity contribution in [3.63, 3.8) is 0 Å². The Hall–Kier alpha value is -4.47. The molecule has 0 unspecified atom stereocenters. The summed E-state index contributed by atoms with van der Waals surface area (Å²) in [5.74, 6) is 0. The van der Waals surface area contributed by atoms with E-state index in [1.165, 1.54) is 75.3 Å². The van der Waals surface area contributed by atoms with Crippen molar-refractivity contribution >= 4 is 64.8 Å². The number of pyridine rings is 1. The third-order valence-electron chi connectivity index (χ3n) is 8.03. The Balaban J connectivity index is 1.45. The number of aromatic nitrogens is 2. The lowest BCUT2D eigenvalue weighted by atomic mass is 9.98. The second kappa shape index (κ2) is 8.01. The average Bonchev–Trinajstić information content (AvgIpc) is 3.47. The molecular formula is C35H25N2S+. The normalized spacial score (nSPS) is 11.9. The maximum Gasteiger partial charge on any atom is 0.230 e. The maximum absolute atomic E-state index is 2.43. The summed E-state index contributed by atoms with van der Waals surface area (Å²) >= 11 is 1.89. The highest BCUT2D eigenvalue weighted by Gasteiger charge is 2.22. The largest absolute Gasteiger partial charge is 0.309 e. The van der Waals surface area contributed by atoms with Gasteiger partial charge in [0, 0.05) is 32.3 Å². The molecule has 3 heterocycles. The molecule has 180 valence electrons. The topological polar surface area (TPSA) is 8.81 Å². The van der Waals surface area contributed by atoms with Crippen LogP contribution in [0, 0.1) is 6.92 Å². The van der Waals surface area contributed by atoms with E-state index in [1.54, 1.807) is 0 Å². The van der Waals surface area contributed by atoms with Gasteiger partial charge in [-0.2, -0.15) is 4.57 Å². The minimum absolute atomic E-state index is 1.22. The molecule has 0 aliphatic rings. The summed E-state index contributed by atoms with van der Waals surface area (Å²) in [6.45, 7) is 2.26. The van der Waals surface area contributed by atoms with Gasteiger partial charge in [-0.1, -0.05) is 72.8 Å². The van der Waals surface area contributed by atoms with E-state index in [4.69, 9.17) is 0 Å². The summed E-state index contributed by atoms with van der Waals surface area (Å²) in [4.78, 5) is 1.34. The number of aryl methyl sites for hydroxylation is 2. The zero-order valence-electron chi connectivity index (χ0n) is 21.3. The molecule has 38 heavy (non-hydrogen) atoms. The van der Waals surface area contributed by atoms with E-state index in [9.17, 15) is 0 Å². The highest BCUT2D eigenvalue weighted by molar-refractivity contribution is 7.22. The highest BCUT2D eigenvalue weighted by Crippen LogP contribution is 2.41. The fourth-order valence-corrected chi connectivity index (χ4v) is 7.57. The van der Waals surface area contributed by atoms with E-state index in [-0.39, 0.29) is 0 Å². The van der Waals surface area contributed by atoms with E-state index in [0.717, 1.165) is 0 Å². The SMILES string of the molecule is Cc1c(-c2c3ccc4c(-n5c6ccccc6c6ccccc65)cccc4c3cc[n+]2C)sc2ccccc12. The molecule has 0 fully saturated rings. The summed E-state index contributed by atoms with van der Waals surface area (Å²) in [6.07, 6.45) is 2.22. The van der Waals surface area contributed by atoms with Crippen LogP contribution in [-0.4, -0.2) is 4.57 Å². The number of hydrogen-bond donors (Lipinski definition) is 0. The number of rotatable bonds is 2. The van der Waals surface area contributed by atoms with Gasteiger partial charge in [-0.3, -0.25) is 0 Å². The van der Waals surface area contributed by atoms with Crippen LogP contribution in [0.15, 0.2) is 115 Å². The number of thiophene rings is 1. The van der Waals surface area contributed by atoms with E-state index >= 15 is 0 Å². The second-order valence-electron chi connectivity index (χ2n) is 10.1. The van der Waals surface area contributed by atoms with E-state index < -0.39 is 0 Å². The molecule has 0 aliphatic carbocycles.